The molecule has 120 valence electrons. The van der Waals surface area contributed by atoms with Gasteiger partial charge in [-0.05, 0) is 25.7 Å². The van der Waals surface area contributed by atoms with Crippen molar-refractivity contribution in [3.8, 4) is 0 Å². The van der Waals surface area contributed by atoms with Crippen LogP contribution in [0.1, 0.15) is 25.7 Å². The lowest BCUT2D eigenvalue weighted by Crippen LogP contribution is -2.49. The normalized spacial score (nSPS) is 21.4. The standard InChI is InChI=1S/C12H21N3O5S/c1-14(8-11(16)13-10-2-3-10)21(19,20)15-6-4-9(5-7-15)12(17)18/h9-10H,2-8H2,1H3,(H,13,16)(H,17,18). The van der Waals surface area contributed by atoms with Crippen molar-refractivity contribution in [1.82, 2.24) is 13.9 Å². The van der Waals surface area contributed by atoms with E-state index in [9.17, 15) is 18.0 Å². The Labute approximate surface area is 124 Å². The van der Waals surface area contributed by atoms with Crippen LogP contribution in [0.3, 0.4) is 0 Å². The van der Waals surface area contributed by atoms with Crippen molar-refractivity contribution in [2.75, 3.05) is 26.7 Å². The van der Waals surface area contributed by atoms with Crippen LogP contribution in [-0.2, 0) is 19.8 Å². The zero-order valence-corrected chi connectivity index (χ0v) is 12.8. The fourth-order valence-electron chi connectivity index (χ4n) is 2.32. The van der Waals surface area contributed by atoms with Gasteiger partial charge in [0.2, 0.25) is 5.91 Å². The van der Waals surface area contributed by atoms with E-state index >= 15 is 0 Å². The van der Waals surface area contributed by atoms with E-state index in [1.807, 2.05) is 0 Å². The van der Waals surface area contributed by atoms with E-state index in [0.717, 1.165) is 17.1 Å². The first-order valence-corrected chi connectivity index (χ1v) is 8.44. The molecule has 1 saturated carbocycles. The molecule has 1 saturated heterocycles. The topological polar surface area (TPSA) is 107 Å². The molecule has 0 aromatic heterocycles. The summed E-state index contributed by atoms with van der Waals surface area (Å²) in [6.07, 6.45) is 2.50. The molecule has 0 spiro atoms. The highest BCUT2D eigenvalue weighted by atomic mass is 32.2. The fraction of sp³-hybridized carbons (Fsp3) is 0.833. The SMILES string of the molecule is CN(CC(=O)NC1CC1)S(=O)(=O)N1CCC(C(=O)O)CC1. The van der Waals surface area contributed by atoms with Gasteiger partial charge in [-0.25, -0.2) is 0 Å². The quantitative estimate of drug-likeness (QED) is 0.669. The second-order valence-corrected chi connectivity index (χ2v) is 7.65. The molecule has 0 bridgehead atoms. The third kappa shape index (κ3) is 4.14. The fourth-order valence-corrected chi connectivity index (χ4v) is 3.66. The first-order chi connectivity index (χ1) is 9.80. The average molecular weight is 319 g/mol. The molecule has 9 heteroatoms. The molecule has 21 heavy (non-hydrogen) atoms. The molecule has 0 aromatic rings. The molecule has 0 unspecified atom stereocenters. The summed E-state index contributed by atoms with van der Waals surface area (Å²) in [4.78, 5) is 22.5. The molecule has 1 aliphatic heterocycles. The number of carboxylic acid groups (broad SMARTS) is 1. The van der Waals surface area contributed by atoms with Crippen molar-refractivity contribution in [1.29, 1.82) is 0 Å². The molecular formula is C12H21N3O5S. The van der Waals surface area contributed by atoms with E-state index in [1.165, 1.54) is 11.4 Å². The zero-order valence-electron chi connectivity index (χ0n) is 12.0. The molecule has 2 fully saturated rings. The van der Waals surface area contributed by atoms with Crippen LogP contribution in [0.15, 0.2) is 0 Å². The minimum atomic E-state index is -3.71. The maximum Gasteiger partial charge on any atom is 0.306 e. The Kier molecular flexibility index (Phi) is 4.84. The van der Waals surface area contributed by atoms with Crippen molar-refractivity contribution in [2.45, 2.75) is 31.7 Å². The van der Waals surface area contributed by atoms with E-state index in [4.69, 9.17) is 5.11 Å². The molecule has 0 atom stereocenters. The van der Waals surface area contributed by atoms with Gasteiger partial charge in [0.25, 0.3) is 10.2 Å². The molecular weight excluding hydrogens is 298 g/mol. The van der Waals surface area contributed by atoms with Crippen LogP contribution in [0.2, 0.25) is 0 Å². The van der Waals surface area contributed by atoms with Gasteiger partial charge in [0.15, 0.2) is 0 Å². The van der Waals surface area contributed by atoms with Crippen molar-refractivity contribution in [3.05, 3.63) is 0 Å². The number of nitrogens with zero attached hydrogens (tertiary/aromatic N) is 2. The molecule has 1 heterocycles. The lowest BCUT2D eigenvalue weighted by atomic mass is 9.99. The minimum absolute atomic E-state index is 0.174. The molecule has 0 radical (unpaired) electrons. The Morgan fingerprint density at radius 1 is 1.24 bits per heavy atom. The number of likely N-dealkylation sites (N-methyl/N-ethyl adjacent to an activating group) is 1. The highest BCUT2D eigenvalue weighted by molar-refractivity contribution is 7.86. The Bertz CT molecular complexity index is 509. The lowest BCUT2D eigenvalue weighted by molar-refractivity contribution is -0.142. The molecule has 0 aromatic carbocycles. The van der Waals surface area contributed by atoms with Crippen molar-refractivity contribution >= 4 is 22.1 Å². The molecule has 8 nitrogen and oxygen atoms in total. The largest absolute Gasteiger partial charge is 0.481 e. The Morgan fingerprint density at radius 3 is 2.29 bits per heavy atom. The number of amides is 1. The van der Waals surface area contributed by atoms with Gasteiger partial charge < -0.3 is 10.4 Å². The predicted molar refractivity (Wildman–Crippen MR) is 74.6 cm³/mol. The summed E-state index contributed by atoms with van der Waals surface area (Å²) in [5.41, 5.74) is 0. The van der Waals surface area contributed by atoms with Gasteiger partial charge in [-0.2, -0.15) is 17.0 Å². The van der Waals surface area contributed by atoms with Crippen molar-refractivity contribution in [2.24, 2.45) is 5.92 Å². The van der Waals surface area contributed by atoms with Gasteiger partial charge in [0.05, 0.1) is 12.5 Å². The molecule has 2 aliphatic rings. The van der Waals surface area contributed by atoms with E-state index in [1.54, 1.807) is 0 Å². The van der Waals surface area contributed by atoms with Crippen LogP contribution in [0, 0.1) is 5.92 Å². The Morgan fingerprint density at radius 2 is 1.81 bits per heavy atom. The number of piperidine rings is 1. The van der Waals surface area contributed by atoms with E-state index < -0.39 is 22.1 Å². The number of hydrogen-bond donors (Lipinski definition) is 2. The third-order valence-corrected chi connectivity index (χ3v) is 5.77. The van der Waals surface area contributed by atoms with E-state index in [0.29, 0.717) is 12.8 Å². The van der Waals surface area contributed by atoms with Crippen LogP contribution in [-0.4, -0.2) is 66.7 Å². The zero-order chi connectivity index (χ0) is 15.6. The minimum Gasteiger partial charge on any atom is -0.481 e. The first kappa shape index (κ1) is 16.2. The van der Waals surface area contributed by atoms with Crippen LogP contribution in [0.5, 0.6) is 0 Å². The van der Waals surface area contributed by atoms with Gasteiger partial charge in [-0.1, -0.05) is 0 Å². The van der Waals surface area contributed by atoms with Crippen LogP contribution < -0.4 is 5.32 Å². The highest BCUT2D eigenvalue weighted by Gasteiger charge is 2.34. The predicted octanol–water partition coefficient (Wildman–Crippen LogP) is -0.762. The number of carbonyl (C=O) groups is 2. The van der Waals surface area contributed by atoms with Gasteiger partial charge in [-0.3, -0.25) is 9.59 Å². The molecule has 2 N–H and O–H groups in total. The number of carboxylic acids is 1. The maximum atomic E-state index is 12.3. The summed E-state index contributed by atoms with van der Waals surface area (Å²) in [7, 11) is -2.34. The second kappa shape index (κ2) is 6.29. The van der Waals surface area contributed by atoms with Crippen molar-refractivity contribution < 1.29 is 23.1 Å². The summed E-state index contributed by atoms with van der Waals surface area (Å²) in [6.45, 7) is 0.138. The number of carbonyl (C=O) groups excluding carboxylic acids is 1. The summed E-state index contributed by atoms with van der Waals surface area (Å²) in [6, 6.07) is 0.194. The number of rotatable bonds is 6. The van der Waals surface area contributed by atoms with Gasteiger partial charge in [0.1, 0.15) is 0 Å². The lowest BCUT2D eigenvalue weighted by Gasteiger charge is -2.32. The number of aliphatic carboxylic acids is 1. The molecule has 1 amide bonds. The molecule has 1 aliphatic carbocycles. The van der Waals surface area contributed by atoms with Gasteiger partial charge in [0, 0.05) is 26.2 Å². The summed E-state index contributed by atoms with van der Waals surface area (Å²) in [5, 5.41) is 11.7. The highest BCUT2D eigenvalue weighted by Crippen LogP contribution is 2.21. The first-order valence-electron chi connectivity index (χ1n) is 7.04. The van der Waals surface area contributed by atoms with E-state index in [-0.39, 0.29) is 31.6 Å². The van der Waals surface area contributed by atoms with Crippen LogP contribution >= 0.6 is 0 Å². The van der Waals surface area contributed by atoms with Crippen LogP contribution in [0.4, 0.5) is 0 Å². The summed E-state index contributed by atoms with van der Waals surface area (Å²) < 4.78 is 26.9. The smallest absolute Gasteiger partial charge is 0.306 e. The van der Waals surface area contributed by atoms with Gasteiger partial charge in [-0.15, -0.1) is 0 Å². The maximum absolute atomic E-state index is 12.3. The van der Waals surface area contributed by atoms with Crippen LogP contribution in [0.25, 0.3) is 0 Å². The summed E-state index contributed by atoms with van der Waals surface area (Å²) >= 11 is 0. The number of nitrogens with one attached hydrogen (secondary N) is 1. The third-order valence-electron chi connectivity index (χ3n) is 3.83. The second-order valence-electron chi connectivity index (χ2n) is 5.62. The molecule has 2 rings (SSSR count). The Balaban J connectivity index is 1.88. The van der Waals surface area contributed by atoms with Gasteiger partial charge >= 0.3 is 5.97 Å². The monoisotopic (exact) mass is 319 g/mol. The van der Waals surface area contributed by atoms with E-state index in [2.05, 4.69) is 5.32 Å². The Hall–Kier alpha value is -1.19. The van der Waals surface area contributed by atoms with Crippen molar-refractivity contribution in [3.63, 3.8) is 0 Å². The summed E-state index contributed by atoms with van der Waals surface area (Å²) in [5.74, 6) is -1.67. The number of hydrogen-bond acceptors (Lipinski definition) is 4. The average Bonchev–Trinajstić information content (AvgIpc) is 3.22.